The van der Waals surface area contributed by atoms with Crippen molar-refractivity contribution >= 4 is 34.5 Å². The van der Waals surface area contributed by atoms with Crippen LogP contribution in [0.25, 0.3) is 10.6 Å². The van der Waals surface area contributed by atoms with Gasteiger partial charge >= 0.3 is 0 Å². The first-order valence-electron chi connectivity index (χ1n) is 9.25. The predicted octanol–water partition coefficient (Wildman–Crippen LogP) is 4.67. The molecule has 0 bridgehead atoms. The fourth-order valence-electron chi connectivity index (χ4n) is 2.96. The number of nitro groups is 1. The topological polar surface area (TPSA) is 104 Å². The highest BCUT2D eigenvalue weighted by molar-refractivity contribution is 7.15. The van der Waals surface area contributed by atoms with Crippen molar-refractivity contribution in [3.63, 3.8) is 0 Å². The minimum atomic E-state index is -0.622. The fourth-order valence-corrected chi connectivity index (χ4v) is 4.16. The molecule has 8 nitrogen and oxygen atoms in total. The molecule has 1 aromatic heterocycles. The van der Waals surface area contributed by atoms with Gasteiger partial charge in [-0.15, -0.1) is 11.3 Å². The zero-order valence-electron chi connectivity index (χ0n) is 17.1. The molecule has 3 aromatic rings. The minimum absolute atomic E-state index is 0.0921. The van der Waals surface area contributed by atoms with Crippen molar-refractivity contribution < 1.29 is 19.2 Å². The number of rotatable bonds is 8. The second kappa shape index (κ2) is 9.76. The van der Waals surface area contributed by atoms with Crippen LogP contribution in [0.5, 0.6) is 11.5 Å². The summed E-state index contributed by atoms with van der Waals surface area (Å²) < 4.78 is 10.2. The molecule has 1 N–H and O–H groups in total. The smallest absolute Gasteiger partial charge is 0.286 e. The summed E-state index contributed by atoms with van der Waals surface area (Å²) in [6.07, 6.45) is 0.546. The van der Waals surface area contributed by atoms with Gasteiger partial charge in [-0.05, 0) is 19.1 Å². The summed E-state index contributed by atoms with van der Waals surface area (Å²) in [5.74, 6) is -0.141. The van der Waals surface area contributed by atoms with Crippen LogP contribution in [-0.4, -0.2) is 36.6 Å². The molecule has 0 atom stereocenters. The van der Waals surface area contributed by atoms with Crippen LogP contribution in [0.2, 0.25) is 5.02 Å². The number of hydrogen-bond acceptors (Lipinski definition) is 7. The van der Waals surface area contributed by atoms with Crippen LogP contribution in [0.3, 0.4) is 0 Å². The number of benzene rings is 2. The van der Waals surface area contributed by atoms with Crippen molar-refractivity contribution in [3.05, 3.63) is 67.7 Å². The Labute approximate surface area is 187 Å². The molecule has 0 saturated heterocycles. The molecular formula is C21H20ClN3O5S. The van der Waals surface area contributed by atoms with E-state index in [1.165, 1.54) is 37.7 Å². The van der Waals surface area contributed by atoms with E-state index in [4.69, 9.17) is 21.1 Å². The summed E-state index contributed by atoms with van der Waals surface area (Å²) in [4.78, 5) is 29.0. The Morgan fingerprint density at radius 2 is 1.84 bits per heavy atom. The van der Waals surface area contributed by atoms with Crippen molar-refractivity contribution in [1.82, 2.24) is 10.3 Å². The Morgan fingerprint density at radius 1 is 1.19 bits per heavy atom. The summed E-state index contributed by atoms with van der Waals surface area (Å²) in [6.45, 7) is 2.21. The van der Waals surface area contributed by atoms with E-state index in [9.17, 15) is 14.9 Å². The summed E-state index contributed by atoms with van der Waals surface area (Å²) in [5.41, 5.74) is 1.40. The maximum atomic E-state index is 12.6. The number of aryl methyl sites for hydroxylation is 1. The molecule has 0 radical (unpaired) electrons. The van der Waals surface area contributed by atoms with Crippen molar-refractivity contribution in [2.45, 2.75) is 13.3 Å². The van der Waals surface area contributed by atoms with Gasteiger partial charge < -0.3 is 14.8 Å². The van der Waals surface area contributed by atoms with Crippen molar-refractivity contribution in [3.8, 4) is 22.1 Å². The first-order valence-corrected chi connectivity index (χ1v) is 10.4. The maximum Gasteiger partial charge on any atom is 0.286 e. The van der Waals surface area contributed by atoms with Gasteiger partial charge in [0.25, 0.3) is 11.6 Å². The lowest BCUT2D eigenvalue weighted by atomic mass is 10.1. The third kappa shape index (κ3) is 5.12. The SMILES string of the molecule is COc1cc(C(=O)NCCc2sc(-c3ccc(Cl)cc3)nc2C)c([N+](=O)[O-])cc1OC. The molecule has 0 aliphatic carbocycles. The molecule has 0 saturated carbocycles. The molecule has 1 amide bonds. The van der Waals surface area contributed by atoms with Gasteiger partial charge in [0.1, 0.15) is 10.6 Å². The van der Waals surface area contributed by atoms with Crippen molar-refractivity contribution in [2.24, 2.45) is 0 Å². The number of aromatic nitrogens is 1. The van der Waals surface area contributed by atoms with Gasteiger partial charge in [-0.3, -0.25) is 14.9 Å². The van der Waals surface area contributed by atoms with E-state index < -0.39 is 10.8 Å². The van der Waals surface area contributed by atoms with Gasteiger partial charge in [-0.2, -0.15) is 0 Å². The lowest BCUT2D eigenvalue weighted by Crippen LogP contribution is -2.26. The molecule has 3 rings (SSSR count). The molecule has 1 heterocycles. The first-order chi connectivity index (χ1) is 14.8. The monoisotopic (exact) mass is 461 g/mol. The number of hydrogen-bond donors (Lipinski definition) is 1. The molecule has 162 valence electrons. The largest absolute Gasteiger partial charge is 0.493 e. The molecule has 0 aliphatic heterocycles. The molecule has 31 heavy (non-hydrogen) atoms. The maximum absolute atomic E-state index is 12.6. The van der Waals surface area contributed by atoms with Crippen LogP contribution >= 0.6 is 22.9 Å². The van der Waals surface area contributed by atoms with E-state index in [1.54, 1.807) is 0 Å². The van der Waals surface area contributed by atoms with Gasteiger partial charge in [-0.25, -0.2) is 4.98 Å². The molecular weight excluding hydrogens is 442 g/mol. The fraction of sp³-hybridized carbons (Fsp3) is 0.238. The van der Waals surface area contributed by atoms with Gasteiger partial charge in [0.2, 0.25) is 0 Å². The molecule has 0 aliphatic rings. The summed E-state index contributed by atoms with van der Waals surface area (Å²) >= 11 is 7.47. The molecule has 2 aromatic carbocycles. The van der Waals surface area contributed by atoms with Crippen LogP contribution in [0.15, 0.2) is 36.4 Å². The summed E-state index contributed by atoms with van der Waals surface area (Å²) in [7, 11) is 2.77. The highest BCUT2D eigenvalue weighted by Crippen LogP contribution is 2.34. The Balaban J connectivity index is 1.72. The van der Waals surface area contributed by atoms with Gasteiger partial charge in [0.15, 0.2) is 11.5 Å². The quantitative estimate of drug-likeness (QED) is 0.386. The van der Waals surface area contributed by atoms with E-state index in [2.05, 4.69) is 10.3 Å². The number of amides is 1. The first kappa shape index (κ1) is 22.5. The number of nitrogens with one attached hydrogen (secondary N) is 1. The number of nitro benzene ring substituents is 1. The zero-order chi connectivity index (χ0) is 22.5. The highest BCUT2D eigenvalue weighted by Gasteiger charge is 2.24. The van der Waals surface area contributed by atoms with Gasteiger partial charge in [0, 0.05) is 34.5 Å². The summed E-state index contributed by atoms with van der Waals surface area (Å²) in [6, 6.07) is 9.92. The number of methoxy groups -OCH3 is 2. The predicted molar refractivity (Wildman–Crippen MR) is 120 cm³/mol. The van der Waals surface area contributed by atoms with Gasteiger partial charge in [0.05, 0.1) is 30.9 Å². The molecule has 0 unspecified atom stereocenters. The Morgan fingerprint density at radius 3 is 2.45 bits per heavy atom. The second-order valence-corrected chi connectivity index (χ2v) is 8.04. The number of halogens is 1. The van der Waals surface area contributed by atoms with E-state index in [-0.39, 0.29) is 22.7 Å². The van der Waals surface area contributed by atoms with Gasteiger partial charge in [-0.1, -0.05) is 23.7 Å². The van der Waals surface area contributed by atoms with E-state index in [0.717, 1.165) is 21.1 Å². The van der Waals surface area contributed by atoms with Crippen molar-refractivity contribution in [2.75, 3.05) is 20.8 Å². The van der Waals surface area contributed by atoms with Crippen LogP contribution in [-0.2, 0) is 6.42 Å². The van der Waals surface area contributed by atoms with Crippen molar-refractivity contribution in [1.29, 1.82) is 0 Å². The van der Waals surface area contributed by atoms with E-state index in [0.29, 0.717) is 18.0 Å². The van der Waals surface area contributed by atoms with Crippen LogP contribution in [0, 0.1) is 17.0 Å². The Kier molecular flexibility index (Phi) is 7.09. The number of carbonyl (C=O) groups is 1. The average Bonchev–Trinajstić information content (AvgIpc) is 3.13. The Bertz CT molecular complexity index is 1110. The molecule has 0 fully saturated rings. The standard InChI is InChI=1S/C21H20ClN3O5S/c1-12-19(31-21(24-12)13-4-6-14(22)7-5-13)8-9-23-20(26)15-10-17(29-2)18(30-3)11-16(15)25(27)28/h4-7,10-11H,8-9H2,1-3H3,(H,23,26). The second-order valence-electron chi connectivity index (χ2n) is 6.52. The molecule has 0 spiro atoms. The highest BCUT2D eigenvalue weighted by atomic mass is 35.5. The number of ether oxygens (including phenoxy) is 2. The third-order valence-electron chi connectivity index (χ3n) is 4.56. The van der Waals surface area contributed by atoms with Crippen LogP contribution in [0.4, 0.5) is 5.69 Å². The van der Waals surface area contributed by atoms with E-state index in [1.807, 2.05) is 31.2 Å². The summed E-state index contributed by atoms with van der Waals surface area (Å²) in [5, 5.41) is 15.7. The van der Waals surface area contributed by atoms with Crippen LogP contribution < -0.4 is 14.8 Å². The number of carbonyl (C=O) groups excluding carboxylic acids is 1. The average molecular weight is 462 g/mol. The van der Waals surface area contributed by atoms with Crippen LogP contribution in [0.1, 0.15) is 20.9 Å². The molecule has 10 heteroatoms. The Hall–Kier alpha value is -3.17. The minimum Gasteiger partial charge on any atom is -0.493 e. The third-order valence-corrected chi connectivity index (χ3v) is 6.08. The van der Waals surface area contributed by atoms with E-state index >= 15 is 0 Å². The lowest BCUT2D eigenvalue weighted by molar-refractivity contribution is -0.385. The number of thiazole rings is 1. The lowest BCUT2D eigenvalue weighted by Gasteiger charge is -2.10. The number of nitrogens with zero attached hydrogens (tertiary/aromatic N) is 2. The zero-order valence-corrected chi connectivity index (χ0v) is 18.7. The normalized spacial score (nSPS) is 10.6.